The number of nitrogens with one attached hydrogen (secondary N) is 1. The first-order chi connectivity index (χ1) is 13.9. The van der Waals surface area contributed by atoms with Crippen molar-refractivity contribution in [3.05, 3.63) is 70.8 Å². The largest absolute Gasteiger partial charge is 0.353 e. The molecule has 4 atom stereocenters. The summed E-state index contributed by atoms with van der Waals surface area (Å²) in [5.74, 6) is 1.65. The summed E-state index contributed by atoms with van der Waals surface area (Å²) in [7, 11) is 0. The summed E-state index contributed by atoms with van der Waals surface area (Å²) in [6, 6.07) is 18.0. The van der Waals surface area contributed by atoms with Crippen LogP contribution in [0.5, 0.6) is 0 Å². The topological polar surface area (TPSA) is 29.1 Å². The highest BCUT2D eigenvalue weighted by molar-refractivity contribution is 5.83. The van der Waals surface area contributed by atoms with Crippen LogP contribution in [-0.4, -0.2) is 11.9 Å². The molecule has 0 spiro atoms. The second-order valence-electron chi connectivity index (χ2n) is 10.8. The number of hydrogen-bond acceptors (Lipinski definition) is 1. The van der Waals surface area contributed by atoms with Gasteiger partial charge in [-0.1, -0.05) is 69.3 Å². The molecule has 2 saturated carbocycles. The zero-order chi connectivity index (χ0) is 20.0. The number of carbonyl (C=O) groups is 1. The van der Waals surface area contributed by atoms with Crippen LogP contribution >= 0.6 is 0 Å². The van der Waals surface area contributed by atoms with E-state index in [1.54, 1.807) is 0 Å². The Hall–Kier alpha value is -2.09. The Morgan fingerprint density at radius 1 is 0.897 bits per heavy atom. The van der Waals surface area contributed by atoms with Gasteiger partial charge in [-0.2, -0.15) is 0 Å². The number of hydrogen-bond donors (Lipinski definition) is 1. The van der Waals surface area contributed by atoms with Crippen molar-refractivity contribution in [1.82, 2.24) is 5.32 Å². The summed E-state index contributed by atoms with van der Waals surface area (Å²) in [6.07, 6.45) is 4.67. The maximum Gasteiger partial charge on any atom is 0.224 e. The maximum absolute atomic E-state index is 13.7. The van der Waals surface area contributed by atoms with Gasteiger partial charge < -0.3 is 5.32 Å². The lowest BCUT2D eigenvalue weighted by Crippen LogP contribution is -2.50. The van der Waals surface area contributed by atoms with Gasteiger partial charge >= 0.3 is 0 Å². The fourth-order valence-corrected chi connectivity index (χ4v) is 7.59. The van der Waals surface area contributed by atoms with E-state index < -0.39 is 0 Å². The van der Waals surface area contributed by atoms with Gasteiger partial charge in [-0.25, -0.2) is 0 Å². The molecule has 0 aromatic heterocycles. The predicted molar refractivity (Wildman–Crippen MR) is 116 cm³/mol. The Kier molecular flexibility index (Phi) is 3.51. The number of fused-ring (bicyclic) bond motifs is 3. The van der Waals surface area contributed by atoms with E-state index in [9.17, 15) is 4.79 Å². The first-order valence-electron chi connectivity index (χ1n) is 11.4. The zero-order valence-electron chi connectivity index (χ0n) is 17.7. The minimum absolute atomic E-state index is 0.0515. The molecule has 4 bridgehead atoms. The van der Waals surface area contributed by atoms with Gasteiger partial charge in [0.25, 0.3) is 0 Å². The second kappa shape index (κ2) is 5.74. The van der Waals surface area contributed by atoms with Gasteiger partial charge in [0.2, 0.25) is 5.91 Å². The number of amides is 1. The van der Waals surface area contributed by atoms with Crippen LogP contribution in [0.2, 0.25) is 0 Å². The van der Waals surface area contributed by atoms with Crippen LogP contribution < -0.4 is 5.32 Å². The Morgan fingerprint density at radius 2 is 1.48 bits per heavy atom. The molecule has 2 heteroatoms. The van der Waals surface area contributed by atoms with Crippen LogP contribution in [0.4, 0.5) is 0 Å². The average molecular weight is 386 g/mol. The third kappa shape index (κ3) is 2.15. The van der Waals surface area contributed by atoms with E-state index in [4.69, 9.17) is 0 Å². The van der Waals surface area contributed by atoms with Gasteiger partial charge in [0.05, 0.1) is 0 Å². The van der Waals surface area contributed by atoms with E-state index in [2.05, 4.69) is 74.6 Å². The van der Waals surface area contributed by atoms with E-state index in [0.29, 0.717) is 23.3 Å². The molecule has 5 aliphatic carbocycles. The molecular formula is C27H31NO. The molecule has 2 fully saturated rings. The van der Waals surface area contributed by atoms with E-state index in [1.807, 2.05) is 0 Å². The fourth-order valence-electron chi connectivity index (χ4n) is 7.59. The standard InChI is InChI=1S/C27H31NO/c1-26(2)16-12-13-27(26,3)23(14-16)28-25(29)22-15-21-17-8-4-6-10-19(17)24(22)20-11-7-5-9-18(20)21/h4-11,16,21-24H,12-15H2,1-3H3,(H,28,29)/t16-,21?,22-,23+,24?,27-/m0/s1. The number of rotatable bonds is 2. The Bertz CT molecular complexity index is 960. The highest BCUT2D eigenvalue weighted by Gasteiger charge is 2.62. The zero-order valence-corrected chi connectivity index (χ0v) is 17.7. The monoisotopic (exact) mass is 385 g/mol. The molecule has 0 saturated heterocycles. The fraction of sp³-hybridized carbons (Fsp3) is 0.519. The molecule has 2 aromatic carbocycles. The van der Waals surface area contributed by atoms with Gasteiger partial charge in [-0.3, -0.25) is 4.79 Å². The Balaban J connectivity index is 1.34. The van der Waals surface area contributed by atoms with Crippen LogP contribution in [0.15, 0.2) is 48.5 Å². The summed E-state index contributed by atoms with van der Waals surface area (Å²) >= 11 is 0. The molecule has 0 heterocycles. The lowest BCUT2D eigenvalue weighted by molar-refractivity contribution is -0.128. The van der Waals surface area contributed by atoms with Crippen LogP contribution in [-0.2, 0) is 4.79 Å². The molecule has 7 rings (SSSR count). The lowest BCUT2D eigenvalue weighted by Gasteiger charge is -2.46. The maximum atomic E-state index is 13.7. The molecule has 0 unspecified atom stereocenters. The molecule has 150 valence electrons. The normalized spacial score (nSPS) is 37.8. The van der Waals surface area contributed by atoms with Crippen LogP contribution in [0, 0.1) is 22.7 Å². The molecule has 2 aromatic rings. The molecule has 1 amide bonds. The molecule has 0 aliphatic heterocycles. The van der Waals surface area contributed by atoms with Crippen molar-refractivity contribution in [2.75, 3.05) is 0 Å². The van der Waals surface area contributed by atoms with Crippen molar-refractivity contribution in [1.29, 1.82) is 0 Å². The van der Waals surface area contributed by atoms with Crippen molar-refractivity contribution in [2.45, 2.75) is 64.3 Å². The van der Waals surface area contributed by atoms with E-state index in [0.717, 1.165) is 18.8 Å². The van der Waals surface area contributed by atoms with Crippen LogP contribution in [0.1, 0.15) is 80.5 Å². The highest BCUT2D eigenvalue weighted by atomic mass is 16.2. The van der Waals surface area contributed by atoms with Crippen molar-refractivity contribution >= 4 is 5.91 Å². The molecule has 0 radical (unpaired) electrons. The van der Waals surface area contributed by atoms with E-state index in [-0.39, 0.29) is 17.3 Å². The first-order valence-corrected chi connectivity index (χ1v) is 11.4. The van der Waals surface area contributed by atoms with Crippen molar-refractivity contribution in [3.8, 4) is 0 Å². The molecule has 2 nitrogen and oxygen atoms in total. The smallest absolute Gasteiger partial charge is 0.224 e. The minimum Gasteiger partial charge on any atom is -0.353 e. The Labute approximate surface area is 174 Å². The Morgan fingerprint density at radius 3 is 2.00 bits per heavy atom. The third-order valence-electron chi connectivity index (χ3n) is 9.75. The van der Waals surface area contributed by atoms with Gasteiger partial charge in [0.1, 0.15) is 0 Å². The minimum atomic E-state index is 0.0515. The summed E-state index contributed by atoms with van der Waals surface area (Å²) < 4.78 is 0. The summed E-state index contributed by atoms with van der Waals surface area (Å²) in [4.78, 5) is 13.7. The van der Waals surface area contributed by atoms with Crippen molar-refractivity contribution < 1.29 is 4.79 Å². The molecule has 1 N–H and O–H groups in total. The van der Waals surface area contributed by atoms with Gasteiger partial charge in [0, 0.05) is 23.8 Å². The number of benzene rings is 2. The SMILES string of the molecule is CC1(C)[C@H]2CC[C@@]1(C)[C@H](NC(=O)[C@H]1CC3c4ccccc4C1c1ccccc13)C2. The second-order valence-corrected chi connectivity index (χ2v) is 10.8. The van der Waals surface area contributed by atoms with Gasteiger partial charge in [-0.15, -0.1) is 0 Å². The summed E-state index contributed by atoms with van der Waals surface area (Å²) in [5, 5.41) is 3.58. The van der Waals surface area contributed by atoms with Crippen molar-refractivity contribution in [3.63, 3.8) is 0 Å². The third-order valence-corrected chi connectivity index (χ3v) is 9.75. The molecule has 29 heavy (non-hydrogen) atoms. The first kappa shape index (κ1) is 17.7. The highest BCUT2D eigenvalue weighted by Crippen LogP contribution is 2.65. The van der Waals surface area contributed by atoms with Crippen molar-refractivity contribution in [2.24, 2.45) is 22.7 Å². The molecule has 5 aliphatic rings. The quantitative estimate of drug-likeness (QED) is 0.715. The predicted octanol–water partition coefficient (Wildman–Crippen LogP) is 5.61. The number of carbonyl (C=O) groups excluding carboxylic acids is 1. The summed E-state index contributed by atoms with van der Waals surface area (Å²) in [6.45, 7) is 7.26. The average Bonchev–Trinajstić information content (AvgIpc) is 3.07. The van der Waals surface area contributed by atoms with Crippen LogP contribution in [0.3, 0.4) is 0 Å². The van der Waals surface area contributed by atoms with E-state index in [1.165, 1.54) is 35.1 Å². The molecular weight excluding hydrogens is 354 g/mol. The van der Waals surface area contributed by atoms with Crippen LogP contribution in [0.25, 0.3) is 0 Å². The van der Waals surface area contributed by atoms with E-state index >= 15 is 0 Å². The van der Waals surface area contributed by atoms with Gasteiger partial charge in [-0.05, 0) is 64.7 Å². The van der Waals surface area contributed by atoms with Gasteiger partial charge in [0.15, 0.2) is 0 Å². The lowest BCUT2D eigenvalue weighted by atomic mass is 9.59. The summed E-state index contributed by atoms with van der Waals surface area (Å²) in [5.41, 5.74) is 6.19.